The van der Waals surface area contributed by atoms with E-state index in [9.17, 15) is 4.79 Å². The van der Waals surface area contributed by atoms with Crippen LogP contribution in [-0.2, 0) is 11.2 Å². The third kappa shape index (κ3) is 2.82. The van der Waals surface area contributed by atoms with Crippen molar-refractivity contribution in [3.8, 4) is 5.75 Å². The van der Waals surface area contributed by atoms with Gasteiger partial charge in [-0.25, -0.2) is 0 Å². The van der Waals surface area contributed by atoms with E-state index in [1.54, 1.807) is 12.4 Å². The van der Waals surface area contributed by atoms with E-state index < -0.39 is 6.10 Å². The molecule has 0 amide bonds. The molecule has 1 atom stereocenters. The van der Waals surface area contributed by atoms with Crippen molar-refractivity contribution in [3.05, 3.63) is 52.8 Å². The van der Waals surface area contributed by atoms with Crippen LogP contribution in [0.5, 0.6) is 5.75 Å². The fourth-order valence-corrected chi connectivity index (χ4v) is 2.57. The van der Waals surface area contributed by atoms with E-state index in [0.29, 0.717) is 13.0 Å². The number of aromatic nitrogens is 1. The number of pyridine rings is 1. The lowest BCUT2D eigenvalue weighted by molar-refractivity contribution is -0.124. The third-order valence-corrected chi connectivity index (χ3v) is 3.57. The zero-order valence-corrected chi connectivity index (χ0v) is 12.3. The monoisotopic (exact) mass is 332 g/mol. The summed E-state index contributed by atoms with van der Waals surface area (Å²) in [5.74, 6) is 0.774. The van der Waals surface area contributed by atoms with Crippen LogP contribution in [-0.4, -0.2) is 23.4 Å². The standard InChI is InChI=1S/C15H13BrN2O2/c16-11-5-10(7-17-8-11)6-13(19)15-9-18-12-3-1-2-4-14(12)20-15/h1-5,7-8,15,18H,6,9H2. The molecule has 0 saturated heterocycles. The van der Waals surface area contributed by atoms with E-state index in [1.165, 1.54) is 0 Å². The average Bonchev–Trinajstić information content (AvgIpc) is 2.47. The van der Waals surface area contributed by atoms with Crippen molar-refractivity contribution < 1.29 is 9.53 Å². The zero-order chi connectivity index (χ0) is 13.9. The topological polar surface area (TPSA) is 51.2 Å². The van der Waals surface area contributed by atoms with Crippen molar-refractivity contribution in [1.29, 1.82) is 0 Å². The quantitative estimate of drug-likeness (QED) is 0.938. The van der Waals surface area contributed by atoms with E-state index >= 15 is 0 Å². The number of rotatable bonds is 3. The molecule has 0 radical (unpaired) electrons. The summed E-state index contributed by atoms with van der Waals surface area (Å²) in [6, 6.07) is 9.53. The van der Waals surface area contributed by atoms with Crippen LogP contribution in [0.25, 0.3) is 0 Å². The molecule has 0 spiro atoms. The number of anilines is 1. The molecule has 0 fully saturated rings. The van der Waals surface area contributed by atoms with Crippen molar-refractivity contribution in [2.75, 3.05) is 11.9 Å². The van der Waals surface area contributed by atoms with Crippen molar-refractivity contribution in [2.24, 2.45) is 0 Å². The van der Waals surface area contributed by atoms with Crippen molar-refractivity contribution in [3.63, 3.8) is 0 Å². The second-order valence-electron chi connectivity index (χ2n) is 4.64. The van der Waals surface area contributed by atoms with Gasteiger partial charge in [-0.3, -0.25) is 9.78 Å². The lowest BCUT2D eigenvalue weighted by atomic mass is 10.1. The first-order valence-electron chi connectivity index (χ1n) is 6.34. The Labute approximate surface area is 125 Å². The van der Waals surface area contributed by atoms with Crippen LogP contribution >= 0.6 is 15.9 Å². The summed E-state index contributed by atoms with van der Waals surface area (Å²) < 4.78 is 6.62. The van der Waals surface area contributed by atoms with Crippen LogP contribution in [0.4, 0.5) is 5.69 Å². The van der Waals surface area contributed by atoms with Crippen LogP contribution in [0, 0.1) is 0 Å². The van der Waals surface area contributed by atoms with Gasteiger partial charge in [0.15, 0.2) is 11.9 Å². The normalized spacial score (nSPS) is 16.8. The highest BCUT2D eigenvalue weighted by Gasteiger charge is 2.25. The van der Waals surface area contributed by atoms with Crippen molar-refractivity contribution in [2.45, 2.75) is 12.5 Å². The first-order valence-corrected chi connectivity index (χ1v) is 7.13. The lowest BCUT2D eigenvalue weighted by Crippen LogP contribution is -2.38. The number of ketones is 1. The van der Waals surface area contributed by atoms with Gasteiger partial charge in [0, 0.05) is 23.3 Å². The number of nitrogens with zero attached hydrogens (tertiary/aromatic N) is 1. The molecule has 1 aliphatic heterocycles. The van der Waals surface area contributed by atoms with Gasteiger partial charge < -0.3 is 10.1 Å². The molecule has 5 heteroatoms. The number of fused-ring (bicyclic) bond motifs is 1. The fraction of sp³-hybridized carbons (Fsp3) is 0.200. The van der Waals surface area contributed by atoms with E-state index in [2.05, 4.69) is 26.2 Å². The number of para-hydroxylation sites is 2. The molecule has 1 N–H and O–H groups in total. The minimum absolute atomic E-state index is 0.0481. The molecule has 1 aromatic carbocycles. The molecule has 102 valence electrons. The average molecular weight is 333 g/mol. The van der Waals surface area contributed by atoms with E-state index in [1.807, 2.05) is 30.3 Å². The predicted molar refractivity (Wildman–Crippen MR) is 80.0 cm³/mol. The Morgan fingerprint density at radius 2 is 2.25 bits per heavy atom. The molecule has 20 heavy (non-hydrogen) atoms. The molecule has 1 aromatic heterocycles. The number of Topliss-reactive ketones (excluding diaryl/α,β-unsaturated/α-hetero) is 1. The van der Waals surface area contributed by atoms with Crippen molar-refractivity contribution in [1.82, 2.24) is 4.98 Å². The van der Waals surface area contributed by atoms with Gasteiger partial charge >= 0.3 is 0 Å². The maximum absolute atomic E-state index is 12.3. The smallest absolute Gasteiger partial charge is 0.179 e. The molecule has 4 nitrogen and oxygen atoms in total. The Bertz CT molecular complexity index is 645. The SMILES string of the molecule is O=C(Cc1cncc(Br)c1)C1CNc2ccccc2O1. The second-order valence-corrected chi connectivity index (χ2v) is 5.55. The minimum Gasteiger partial charge on any atom is -0.479 e. The third-order valence-electron chi connectivity index (χ3n) is 3.13. The van der Waals surface area contributed by atoms with E-state index in [-0.39, 0.29) is 5.78 Å². The Morgan fingerprint density at radius 3 is 3.10 bits per heavy atom. The van der Waals surface area contributed by atoms with Gasteiger partial charge in [0.05, 0.1) is 12.2 Å². The summed E-state index contributed by atoms with van der Waals surface area (Å²) >= 11 is 3.35. The molecule has 0 bridgehead atoms. The Balaban J connectivity index is 1.70. The van der Waals surface area contributed by atoms with Gasteiger partial charge in [0.25, 0.3) is 0 Å². The van der Waals surface area contributed by atoms with Crippen molar-refractivity contribution >= 4 is 27.4 Å². The molecule has 1 unspecified atom stereocenters. The van der Waals surface area contributed by atoms with E-state index in [0.717, 1.165) is 21.5 Å². The number of carbonyl (C=O) groups excluding carboxylic acids is 1. The number of halogens is 1. The Kier molecular flexibility index (Phi) is 3.69. The van der Waals surface area contributed by atoms with Gasteiger partial charge in [0.2, 0.25) is 0 Å². The molecule has 3 rings (SSSR count). The number of hydrogen-bond donors (Lipinski definition) is 1. The summed E-state index contributed by atoms with van der Waals surface area (Å²) in [7, 11) is 0. The number of nitrogens with one attached hydrogen (secondary N) is 1. The maximum Gasteiger partial charge on any atom is 0.179 e. The number of hydrogen-bond acceptors (Lipinski definition) is 4. The second kappa shape index (κ2) is 5.63. The van der Waals surface area contributed by atoms with Crippen LogP contribution in [0.2, 0.25) is 0 Å². The van der Waals surface area contributed by atoms with Crippen LogP contribution in [0.3, 0.4) is 0 Å². The van der Waals surface area contributed by atoms with Crippen LogP contribution in [0.1, 0.15) is 5.56 Å². The molecule has 0 saturated carbocycles. The minimum atomic E-state index is -0.455. The summed E-state index contributed by atoms with van der Waals surface area (Å²) in [6.45, 7) is 0.497. The molecule has 0 aliphatic carbocycles. The number of benzene rings is 1. The highest BCUT2D eigenvalue weighted by molar-refractivity contribution is 9.10. The lowest BCUT2D eigenvalue weighted by Gasteiger charge is -2.26. The first kappa shape index (κ1) is 13.1. The predicted octanol–water partition coefficient (Wildman–Crippen LogP) is 2.83. The number of carbonyl (C=O) groups is 1. The van der Waals surface area contributed by atoms with Gasteiger partial charge in [-0.2, -0.15) is 0 Å². The van der Waals surface area contributed by atoms with Gasteiger partial charge in [-0.1, -0.05) is 12.1 Å². The Morgan fingerprint density at radius 1 is 1.40 bits per heavy atom. The molecule has 1 aliphatic rings. The molecular weight excluding hydrogens is 320 g/mol. The van der Waals surface area contributed by atoms with Crippen LogP contribution < -0.4 is 10.1 Å². The van der Waals surface area contributed by atoms with Gasteiger partial charge in [-0.15, -0.1) is 0 Å². The summed E-state index contributed by atoms with van der Waals surface area (Å²) in [5.41, 5.74) is 1.81. The Hall–Kier alpha value is -1.88. The summed E-state index contributed by atoms with van der Waals surface area (Å²) in [4.78, 5) is 16.3. The summed E-state index contributed by atoms with van der Waals surface area (Å²) in [6.07, 6.45) is 3.26. The van der Waals surface area contributed by atoms with Crippen LogP contribution in [0.15, 0.2) is 47.2 Å². The first-order chi connectivity index (χ1) is 9.72. The highest BCUT2D eigenvalue weighted by Crippen LogP contribution is 2.28. The molecule has 2 heterocycles. The van der Waals surface area contributed by atoms with Gasteiger partial charge in [-0.05, 0) is 39.7 Å². The highest BCUT2D eigenvalue weighted by atomic mass is 79.9. The zero-order valence-electron chi connectivity index (χ0n) is 10.7. The van der Waals surface area contributed by atoms with Gasteiger partial charge in [0.1, 0.15) is 5.75 Å². The largest absolute Gasteiger partial charge is 0.479 e. The maximum atomic E-state index is 12.3. The fourth-order valence-electron chi connectivity index (χ4n) is 2.16. The summed E-state index contributed by atoms with van der Waals surface area (Å²) in [5, 5.41) is 3.22. The molecule has 2 aromatic rings. The number of ether oxygens (including phenoxy) is 1. The van der Waals surface area contributed by atoms with E-state index in [4.69, 9.17) is 4.74 Å². The molecular formula is C15H13BrN2O2.